The summed E-state index contributed by atoms with van der Waals surface area (Å²) in [5.74, 6) is -0.259. The number of aryl methyl sites for hydroxylation is 1. The Balaban J connectivity index is 1.68. The number of halogens is 1. The van der Waals surface area contributed by atoms with Crippen molar-refractivity contribution in [1.29, 1.82) is 0 Å². The van der Waals surface area contributed by atoms with Crippen molar-refractivity contribution in [3.63, 3.8) is 0 Å². The summed E-state index contributed by atoms with van der Waals surface area (Å²) in [4.78, 5) is 17.3. The lowest BCUT2D eigenvalue weighted by atomic mass is 10.2. The van der Waals surface area contributed by atoms with Crippen LogP contribution in [0.25, 0.3) is 16.7 Å². The zero-order chi connectivity index (χ0) is 19.0. The molecule has 2 aromatic carbocycles. The molecule has 136 valence electrons. The molecule has 0 atom stereocenters. The number of aromatic nitrogens is 4. The van der Waals surface area contributed by atoms with Crippen molar-refractivity contribution in [1.82, 2.24) is 19.3 Å². The number of carbonyl (C=O) groups excluding carboxylic acids is 1. The zero-order valence-corrected chi connectivity index (χ0v) is 15.0. The highest BCUT2D eigenvalue weighted by Gasteiger charge is 2.19. The lowest BCUT2D eigenvalue weighted by molar-refractivity contribution is 0.102. The molecule has 0 radical (unpaired) electrons. The predicted octanol–water partition coefficient (Wildman–Crippen LogP) is 3.94. The van der Waals surface area contributed by atoms with Crippen LogP contribution >= 0.6 is 0 Å². The average molecular weight is 363 g/mol. The molecule has 0 aliphatic carbocycles. The molecule has 0 aliphatic heterocycles. The number of amides is 1. The number of benzene rings is 2. The number of fused-ring (bicyclic) bond motifs is 1. The Labute approximate surface area is 155 Å². The summed E-state index contributed by atoms with van der Waals surface area (Å²) in [5, 5.41) is 7.04. The molecule has 0 saturated heterocycles. The summed E-state index contributed by atoms with van der Waals surface area (Å²) in [7, 11) is 0. The molecule has 0 spiro atoms. The van der Waals surface area contributed by atoms with Crippen LogP contribution in [0.1, 0.15) is 23.0 Å². The first kappa shape index (κ1) is 17.0. The van der Waals surface area contributed by atoms with Gasteiger partial charge in [0.25, 0.3) is 5.91 Å². The molecule has 4 rings (SSSR count). The van der Waals surface area contributed by atoms with Gasteiger partial charge in [-0.1, -0.05) is 24.3 Å². The summed E-state index contributed by atoms with van der Waals surface area (Å²) in [6.07, 6.45) is 1.44. The first-order chi connectivity index (χ1) is 13.1. The molecule has 2 heterocycles. The second kappa shape index (κ2) is 6.68. The van der Waals surface area contributed by atoms with Crippen molar-refractivity contribution in [2.24, 2.45) is 0 Å². The molecule has 6 nitrogen and oxygen atoms in total. The quantitative estimate of drug-likeness (QED) is 0.597. The number of carbonyl (C=O) groups is 1. The van der Waals surface area contributed by atoms with Crippen LogP contribution in [0.2, 0.25) is 0 Å². The largest absolute Gasteiger partial charge is 0.310 e. The molecular weight excluding hydrogens is 345 g/mol. The standard InChI is InChI=1S/C20H18FN5O/c1-3-25-18-11-7-5-9-16(18)23-20(25)24-19(27)14-12-22-26(13(14)2)17-10-6-4-8-15(17)21/h4-12H,3H2,1-2H3,(H,23,24,27). The maximum absolute atomic E-state index is 14.1. The van der Waals surface area contributed by atoms with Gasteiger partial charge in [-0.25, -0.2) is 14.1 Å². The Morgan fingerprint density at radius 1 is 1.15 bits per heavy atom. The molecule has 2 aromatic heterocycles. The molecule has 0 fully saturated rings. The van der Waals surface area contributed by atoms with Gasteiger partial charge in [0.05, 0.1) is 28.5 Å². The summed E-state index contributed by atoms with van der Waals surface area (Å²) < 4.78 is 17.4. The van der Waals surface area contributed by atoms with E-state index >= 15 is 0 Å². The highest BCUT2D eigenvalue weighted by molar-refractivity contribution is 6.04. The molecule has 4 aromatic rings. The summed E-state index contributed by atoms with van der Waals surface area (Å²) >= 11 is 0. The maximum atomic E-state index is 14.1. The number of anilines is 1. The Morgan fingerprint density at radius 3 is 2.67 bits per heavy atom. The second-order valence-electron chi connectivity index (χ2n) is 6.13. The van der Waals surface area contributed by atoms with Gasteiger partial charge in [0, 0.05) is 6.54 Å². The lowest BCUT2D eigenvalue weighted by Crippen LogP contribution is -2.16. The fraction of sp³-hybridized carbons (Fsp3) is 0.150. The van der Waals surface area contributed by atoms with E-state index in [1.807, 2.05) is 35.8 Å². The third-order valence-electron chi connectivity index (χ3n) is 4.53. The van der Waals surface area contributed by atoms with Gasteiger partial charge in [0.2, 0.25) is 5.95 Å². The van der Waals surface area contributed by atoms with E-state index in [-0.39, 0.29) is 5.91 Å². The number of imidazole rings is 1. The SMILES string of the molecule is CCn1c(NC(=O)c2cnn(-c3ccccc3F)c2C)nc2ccccc21. The van der Waals surface area contributed by atoms with Gasteiger partial charge in [-0.3, -0.25) is 10.1 Å². The predicted molar refractivity (Wildman–Crippen MR) is 102 cm³/mol. The van der Waals surface area contributed by atoms with Crippen LogP contribution in [0.4, 0.5) is 10.3 Å². The Kier molecular flexibility index (Phi) is 4.19. The van der Waals surface area contributed by atoms with E-state index < -0.39 is 5.82 Å². The number of hydrogen-bond acceptors (Lipinski definition) is 3. The van der Waals surface area contributed by atoms with Gasteiger partial charge in [0.15, 0.2) is 0 Å². The fourth-order valence-electron chi connectivity index (χ4n) is 3.16. The van der Waals surface area contributed by atoms with E-state index in [1.165, 1.54) is 16.9 Å². The molecule has 7 heteroatoms. The Bertz CT molecular complexity index is 1140. The summed E-state index contributed by atoms with van der Waals surface area (Å²) in [5.41, 5.74) is 2.99. The molecule has 27 heavy (non-hydrogen) atoms. The minimum Gasteiger partial charge on any atom is -0.310 e. The van der Waals surface area contributed by atoms with Gasteiger partial charge in [-0.2, -0.15) is 5.10 Å². The van der Waals surface area contributed by atoms with E-state index in [1.54, 1.807) is 25.1 Å². The first-order valence-corrected chi connectivity index (χ1v) is 8.66. The third kappa shape index (κ3) is 2.87. The first-order valence-electron chi connectivity index (χ1n) is 8.66. The molecule has 1 amide bonds. The lowest BCUT2D eigenvalue weighted by Gasteiger charge is -2.08. The van der Waals surface area contributed by atoms with Gasteiger partial charge in [0.1, 0.15) is 11.5 Å². The van der Waals surface area contributed by atoms with Crippen molar-refractivity contribution >= 4 is 22.9 Å². The number of rotatable bonds is 4. The van der Waals surface area contributed by atoms with E-state index in [4.69, 9.17) is 0 Å². The number of para-hydroxylation sites is 3. The topological polar surface area (TPSA) is 64.7 Å². The van der Waals surface area contributed by atoms with Crippen LogP contribution in [0.3, 0.4) is 0 Å². The highest BCUT2D eigenvalue weighted by Crippen LogP contribution is 2.21. The Hall–Kier alpha value is -3.48. The smallest absolute Gasteiger partial charge is 0.261 e. The van der Waals surface area contributed by atoms with Crippen molar-refractivity contribution in [3.8, 4) is 5.69 Å². The van der Waals surface area contributed by atoms with Gasteiger partial charge in [-0.05, 0) is 38.1 Å². The van der Waals surface area contributed by atoms with Crippen LogP contribution in [0, 0.1) is 12.7 Å². The van der Waals surface area contributed by atoms with Gasteiger partial charge in [-0.15, -0.1) is 0 Å². The minimum atomic E-state index is -0.400. The zero-order valence-electron chi connectivity index (χ0n) is 15.0. The maximum Gasteiger partial charge on any atom is 0.261 e. The molecule has 0 bridgehead atoms. The van der Waals surface area contributed by atoms with Crippen LogP contribution in [0.5, 0.6) is 0 Å². The van der Waals surface area contributed by atoms with Crippen molar-refractivity contribution in [2.75, 3.05) is 5.32 Å². The second-order valence-corrected chi connectivity index (χ2v) is 6.13. The minimum absolute atomic E-state index is 0.301. The van der Waals surface area contributed by atoms with Crippen LogP contribution < -0.4 is 5.32 Å². The van der Waals surface area contributed by atoms with Crippen LogP contribution in [-0.4, -0.2) is 25.2 Å². The van der Waals surface area contributed by atoms with Crippen LogP contribution in [0.15, 0.2) is 54.7 Å². The number of hydrogen-bond donors (Lipinski definition) is 1. The van der Waals surface area contributed by atoms with E-state index in [9.17, 15) is 9.18 Å². The van der Waals surface area contributed by atoms with Gasteiger partial charge < -0.3 is 4.57 Å². The van der Waals surface area contributed by atoms with Crippen molar-refractivity contribution in [3.05, 3.63) is 71.8 Å². The normalized spacial score (nSPS) is 11.1. The van der Waals surface area contributed by atoms with E-state index in [2.05, 4.69) is 15.4 Å². The summed E-state index contributed by atoms with van der Waals surface area (Å²) in [6, 6.07) is 14.0. The van der Waals surface area contributed by atoms with Crippen molar-refractivity contribution < 1.29 is 9.18 Å². The molecule has 1 N–H and O–H groups in total. The average Bonchev–Trinajstić information content (AvgIpc) is 3.22. The van der Waals surface area contributed by atoms with Crippen molar-refractivity contribution in [2.45, 2.75) is 20.4 Å². The van der Waals surface area contributed by atoms with Gasteiger partial charge >= 0.3 is 0 Å². The third-order valence-corrected chi connectivity index (χ3v) is 4.53. The molecule has 0 saturated carbocycles. The van der Waals surface area contributed by atoms with Crippen LogP contribution in [-0.2, 0) is 6.54 Å². The highest BCUT2D eigenvalue weighted by atomic mass is 19.1. The number of nitrogens with one attached hydrogen (secondary N) is 1. The van der Waals surface area contributed by atoms with E-state index in [0.717, 1.165) is 11.0 Å². The van der Waals surface area contributed by atoms with E-state index in [0.29, 0.717) is 29.4 Å². The number of nitrogens with zero attached hydrogens (tertiary/aromatic N) is 4. The molecular formula is C20H18FN5O. The summed E-state index contributed by atoms with van der Waals surface area (Å²) in [6.45, 7) is 4.39. The Morgan fingerprint density at radius 2 is 1.89 bits per heavy atom. The fourth-order valence-corrected chi connectivity index (χ4v) is 3.16. The molecule has 0 aliphatic rings. The monoisotopic (exact) mass is 363 g/mol. The molecule has 0 unspecified atom stereocenters.